The number of aliphatic hydroxyl groups is 1. The van der Waals surface area contributed by atoms with Crippen molar-refractivity contribution in [2.45, 2.75) is 25.0 Å². The van der Waals surface area contributed by atoms with Crippen LogP contribution in [0.4, 0.5) is 0 Å². The van der Waals surface area contributed by atoms with Gasteiger partial charge in [0.25, 0.3) is 0 Å². The number of hydrogen-bond donors (Lipinski definition) is 2. The summed E-state index contributed by atoms with van der Waals surface area (Å²) in [6, 6.07) is 15.9. The van der Waals surface area contributed by atoms with Gasteiger partial charge in [-0.15, -0.1) is 0 Å². The molecule has 0 amide bonds. The van der Waals surface area contributed by atoms with Gasteiger partial charge in [0.15, 0.2) is 0 Å². The third kappa shape index (κ3) is 2.55. The van der Waals surface area contributed by atoms with E-state index in [0.29, 0.717) is 0 Å². The van der Waals surface area contributed by atoms with Gasteiger partial charge in [0.05, 0.1) is 13.2 Å². The largest absolute Gasteiger partial charge is 0.497 e. The van der Waals surface area contributed by atoms with Gasteiger partial charge in [-0.1, -0.05) is 36.4 Å². The summed E-state index contributed by atoms with van der Waals surface area (Å²) in [5.41, 5.74) is 2.42. The van der Waals surface area contributed by atoms with Crippen molar-refractivity contribution in [3.05, 3.63) is 65.2 Å². The topological polar surface area (TPSA) is 41.5 Å². The van der Waals surface area contributed by atoms with E-state index in [0.717, 1.165) is 24.3 Å². The van der Waals surface area contributed by atoms with Crippen LogP contribution in [0.25, 0.3) is 0 Å². The Labute approximate surface area is 125 Å². The summed E-state index contributed by atoms with van der Waals surface area (Å²) >= 11 is 0. The number of fused-ring (bicyclic) bond motifs is 1. The molecule has 1 aliphatic heterocycles. The molecule has 0 bridgehead atoms. The summed E-state index contributed by atoms with van der Waals surface area (Å²) in [5.74, 6) is 0.798. The minimum Gasteiger partial charge on any atom is -0.497 e. The van der Waals surface area contributed by atoms with Gasteiger partial charge in [-0.25, -0.2) is 0 Å². The Kier molecular flexibility index (Phi) is 3.70. The van der Waals surface area contributed by atoms with E-state index in [1.165, 1.54) is 11.1 Å². The molecule has 2 N–H and O–H groups in total. The number of nitrogens with one attached hydrogen (secondary N) is 1. The van der Waals surface area contributed by atoms with Crippen molar-refractivity contribution < 1.29 is 9.84 Å². The average molecular weight is 283 g/mol. The molecule has 2 atom stereocenters. The Morgan fingerprint density at radius 2 is 1.86 bits per heavy atom. The zero-order chi connectivity index (χ0) is 14.9. The van der Waals surface area contributed by atoms with Gasteiger partial charge in [0, 0.05) is 0 Å². The molecule has 0 spiro atoms. The summed E-state index contributed by atoms with van der Waals surface area (Å²) in [6.45, 7) is 2.75. The number of benzene rings is 2. The standard InChI is InChI=1S/C18H21NO2/c1-18(20,14-7-9-15(21-2)10-8-14)17-16-6-4-3-5-13(16)11-12-19-17/h3-10,17,19-20H,11-12H2,1-2H3. The molecule has 2 aromatic carbocycles. The van der Waals surface area contributed by atoms with E-state index in [9.17, 15) is 5.11 Å². The lowest BCUT2D eigenvalue weighted by Gasteiger charge is -2.38. The quantitative estimate of drug-likeness (QED) is 0.910. The van der Waals surface area contributed by atoms with Crippen LogP contribution in [0.15, 0.2) is 48.5 Å². The minimum absolute atomic E-state index is 0.101. The molecule has 0 aromatic heterocycles. The van der Waals surface area contributed by atoms with Crippen molar-refractivity contribution in [2.75, 3.05) is 13.7 Å². The second-order valence-electron chi connectivity index (χ2n) is 5.71. The Morgan fingerprint density at radius 1 is 1.14 bits per heavy atom. The zero-order valence-electron chi connectivity index (χ0n) is 12.5. The van der Waals surface area contributed by atoms with E-state index < -0.39 is 5.60 Å². The molecule has 0 saturated carbocycles. The molecular weight excluding hydrogens is 262 g/mol. The van der Waals surface area contributed by atoms with Crippen molar-refractivity contribution in [3.8, 4) is 5.75 Å². The van der Waals surface area contributed by atoms with Gasteiger partial charge >= 0.3 is 0 Å². The van der Waals surface area contributed by atoms with Crippen molar-refractivity contribution >= 4 is 0 Å². The molecule has 2 unspecified atom stereocenters. The fourth-order valence-electron chi connectivity index (χ4n) is 3.10. The molecule has 0 radical (unpaired) electrons. The summed E-state index contributed by atoms with van der Waals surface area (Å²) in [5, 5.41) is 14.6. The minimum atomic E-state index is -0.969. The van der Waals surface area contributed by atoms with Crippen LogP contribution < -0.4 is 10.1 Å². The second kappa shape index (κ2) is 5.51. The van der Waals surface area contributed by atoms with E-state index in [1.807, 2.05) is 37.3 Å². The van der Waals surface area contributed by atoms with E-state index in [-0.39, 0.29) is 6.04 Å². The SMILES string of the molecule is COc1ccc(C(C)(O)C2NCCc3ccccc32)cc1. The summed E-state index contributed by atoms with van der Waals surface area (Å²) in [4.78, 5) is 0. The van der Waals surface area contributed by atoms with Crippen LogP contribution in [0.5, 0.6) is 5.75 Å². The maximum atomic E-state index is 11.1. The first-order valence-corrected chi connectivity index (χ1v) is 7.31. The molecule has 1 heterocycles. The maximum absolute atomic E-state index is 11.1. The monoisotopic (exact) mass is 283 g/mol. The number of ether oxygens (including phenoxy) is 1. The number of rotatable bonds is 3. The first kappa shape index (κ1) is 14.1. The predicted octanol–water partition coefficient (Wildman–Crippen LogP) is 2.79. The van der Waals surface area contributed by atoms with Crippen LogP contribution in [0.3, 0.4) is 0 Å². The molecule has 21 heavy (non-hydrogen) atoms. The molecule has 1 aliphatic rings. The molecule has 0 saturated heterocycles. The van der Waals surface area contributed by atoms with Crippen LogP contribution in [0.2, 0.25) is 0 Å². The fourth-order valence-corrected chi connectivity index (χ4v) is 3.10. The van der Waals surface area contributed by atoms with Crippen molar-refractivity contribution in [1.82, 2.24) is 5.32 Å². The van der Waals surface area contributed by atoms with Crippen LogP contribution in [0, 0.1) is 0 Å². The summed E-state index contributed by atoms with van der Waals surface area (Å²) in [6.07, 6.45) is 1.01. The van der Waals surface area contributed by atoms with Crippen LogP contribution >= 0.6 is 0 Å². The highest BCUT2D eigenvalue weighted by atomic mass is 16.5. The lowest BCUT2D eigenvalue weighted by atomic mass is 9.80. The highest BCUT2D eigenvalue weighted by Crippen LogP contribution is 2.38. The highest BCUT2D eigenvalue weighted by Gasteiger charge is 2.37. The van der Waals surface area contributed by atoms with Crippen molar-refractivity contribution in [1.29, 1.82) is 0 Å². The van der Waals surface area contributed by atoms with E-state index >= 15 is 0 Å². The molecule has 2 aromatic rings. The predicted molar refractivity (Wildman–Crippen MR) is 83.5 cm³/mol. The van der Waals surface area contributed by atoms with Crippen molar-refractivity contribution in [3.63, 3.8) is 0 Å². The third-order valence-electron chi connectivity index (χ3n) is 4.35. The van der Waals surface area contributed by atoms with Crippen molar-refractivity contribution in [2.24, 2.45) is 0 Å². The Morgan fingerprint density at radius 3 is 2.57 bits per heavy atom. The Balaban J connectivity index is 1.98. The normalized spacial score (nSPS) is 20.4. The van der Waals surface area contributed by atoms with E-state index in [4.69, 9.17) is 4.74 Å². The average Bonchev–Trinajstić information content (AvgIpc) is 2.54. The lowest BCUT2D eigenvalue weighted by molar-refractivity contribution is 0.0118. The number of hydrogen-bond acceptors (Lipinski definition) is 3. The smallest absolute Gasteiger partial charge is 0.118 e. The van der Waals surface area contributed by atoms with Gasteiger partial charge in [-0.3, -0.25) is 0 Å². The zero-order valence-corrected chi connectivity index (χ0v) is 12.5. The van der Waals surface area contributed by atoms with Gasteiger partial charge in [-0.2, -0.15) is 0 Å². The summed E-state index contributed by atoms with van der Waals surface area (Å²) in [7, 11) is 1.64. The summed E-state index contributed by atoms with van der Waals surface area (Å²) < 4.78 is 5.19. The van der Waals surface area contributed by atoms with Gasteiger partial charge in [-0.05, 0) is 48.7 Å². The van der Waals surface area contributed by atoms with Crippen LogP contribution in [0.1, 0.15) is 29.7 Å². The van der Waals surface area contributed by atoms with Crippen LogP contribution in [-0.4, -0.2) is 18.8 Å². The molecule has 3 nitrogen and oxygen atoms in total. The third-order valence-corrected chi connectivity index (χ3v) is 4.35. The second-order valence-corrected chi connectivity index (χ2v) is 5.71. The van der Waals surface area contributed by atoms with E-state index in [1.54, 1.807) is 7.11 Å². The van der Waals surface area contributed by atoms with Gasteiger partial charge in [0.1, 0.15) is 11.4 Å². The maximum Gasteiger partial charge on any atom is 0.118 e. The van der Waals surface area contributed by atoms with E-state index in [2.05, 4.69) is 23.5 Å². The van der Waals surface area contributed by atoms with Gasteiger partial charge in [0.2, 0.25) is 0 Å². The Bertz CT molecular complexity index is 619. The molecule has 0 fully saturated rings. The Hall–Kier alpha value is -1.84. The molecule has 3 heteroatoms. The highest BCUT2D eigenvalue weighted by molar-refractivity contribution is 5.38. The lowest BCUT2D eigenvalue weighted by Crippen LogP contribution is -2.43. The molecular formula is C18H21NO2. The molecule has 3 rings (SSSR count). The molecule has 0 aliphatic carbocycles. The molecule has 110 valence electrons. The van der Waals surface area contributed by atoms with Gasteiger partial charge < -0.3 is 15.2 Å². The first-order chi connectivity index (χ1) is 10.1. The van der Waals surface area contributed by atoms with Crippen LogP contribution in [-0.2, 0) is 12.0 Å². The first-order valence-electron chi connectivity index (χ1n) is 7.31. The number of methoxy groups -OCH3 is 1. The fraction of sp³-hybridized carbons (Fsp3) is 0.333.